The van der Waals surface area contributed by atoms with Crippen molar-refractivity contribution in [1.82, 2.24) is 0 Å². The number of carbonyl (C=O) groups is 3. The zero-order chi connectivity index (χ0) is 19.6. The third-order valence-corrected chi connectivity index (χ3v) is 8.79. The van der Waals surface area contributed by atoms with Gasteiger partial charge in [0.15, 0.2) is 5.78 Å². The van der Waals surface area contributed by atoms with E-state index in [1.54, 1.807) is 6.92 Å². The van der Waals surface area contributed by atoms with Gasteiger partial charge in [-0.1, -0.05) is 13.0 Å². The SMILES string of the molecule is CC(=O)O[C@H]1CC[C@@]2(C)[C@@H](CC[C@H]3[C@H]2CC(=O)[C@]2(C)C(C(C)=O)=CC[C@@H]32)C1. The number of carbonyl (C=O) groups excluding carboxylic acids is 3. The van der Waals surface area contributed by atoms with Crippen LogP contribution in [0.2, 0.25) is 0 Å². The smallest absolute Gasteiger partial charge is 0.302 e. The summed E-state index contributed by atoms with van der Waals surface area (Å²) in [6, 6.07) is 0. The quantitative estimate of drug-likeness (QED) is 0.679. The topological polar surface area (TPSA) is 60.4 Å². The molecule has 0 aromatic rings. The summed E-state index contributed by atoms with van der Waals surface area (Å²) in [5, 5.41) is 0. The Kier molecular flexibility index (Phi) is 4.40. The molecule has 7 atom stereocenters. The van der Waals surface area contributed by atoms with Crippen molar-refractivity contribution in [2.24, 2.45) is 34.5 Å². The summed E-state index contributed by atoms with van der Waals surface area (Å²) in [4.78, 5) is 36.9. The molecule has 0 amide bonds. The van der Waals surface area contributed by atoms with E-state index in [-0.39, 0.29) is 35.0 Å². The van der Waals surface area contributed by atoms with Crippen LogP contribution >= 0.6 is 0 Å². The molecule has 3 saturated carbocycles. The van der Waals surface area contributed by atoms with E-state index in [1.807, 2.05) is 6.92 Å². The molecule has 0 aromatic carbocycles. The Morgan fingerprint density at radius 1 is 1.11 bits per heavy atom. The fourth-order valence-electron chi connectivity index (χ4n) is 7.38. The van der Waals surface area contributed by atoms with Gasteiger partial charge in [-0.25, -0.2) is 0 Å². The summed E-state index contributed by atoms with van der Waals surface area (Å²) in [5.74, 6) is 1.88. The van der Waals surface area contributed by atoms with E-state index < -0.39 is 5.41 Å². The van der Waals surface area contributed by atoms with Crippen LogP contribution in [0.15, 0.2) is 11.6 Å². The van der Waals surface area contributed by atoms with E-state index in [1.165, 1.54) is 6.92 Å². The van der Waals surface area contributed by atoms with E-state index in [0.29, 0.717) is 24.2 Å². The molecule has 0 aliphatic heterocycles. The summed E-state index contributed by atoms with van der Waals surface area (Å²) in [5.41, 5.74) is 0.350. The zero-order valence-electron chi connectivity index (χ0n) is 17.0. The Balaban J connectivity index is 1.60. The first kappa shape index (κ1) is 18.9. The summed E-state index contributed by atoms with van der Waals surface area (Å²) in [6.07, 6.45) is 8.72. The van der Waals surface area contributed by atoms with Crippen LogP contribution in [0.5, 0.6) is 0 Å². The van der Waals surface area contributed by atoms with Gasteiger partial charge in [0.25, 0.3) is 0 Å². The van der Waals surface area contributed by atoms with Crippen LogP contribution in [0.1, 0.15) is 72.6 Å². The lowest BCUT2D eigenvalue weighted by Crippen LogP contribution is -2.57. The highest BCUT2D eigenvalue weighted by atomic mass is 16.5. The second kappa shape index (κ2) is 6.28. The number of hydrogen-bond acceptors (Lipinski definition) is 4. The van der Waals surface area contributed by atoms with Crippen molar-refractivity contribution in [3.05, 3.63) is 11.6 Å². The third kappa shape index (κ3) is 2.66. The van der Waals surface area contributed by atoms with Gasteiger partial charge in [0.1, 0.15) is 11.9 Å². The number of rotatable bonds is 2. The normalized spacial score (nSPS) is 46.0. The third-order valence-electron chi connectivity index (χ3n) is 8.79. The molecule has 0 spiro atoms. The molecule has 4 rings (SSSR count). The Bertz CT molecular complexity index is 722. The van der Waals surface area contributed by atoms with Gasteiger partial charge in [-0.3, -0.25) is 14.4 Å². The van der Waals surface area contributed by atoms with Crippen LogP contribution in [0.25, 0.3) is 0 Å². The van der Waals surface area contributed by atoms with Crippen LogP contribution in [0.3, 0.4) is 0 Å². The highest BCUT2D eigenvalue weighted by Crippen LogP contribution is 2.65. The van der Waals surface area contributed by atoms with Crippen LogP contribution < -0.4 is 0 Å². The van der Waals surface area contributed by atoms with Crippen molar-refractivity contribution in [2.75, 3.05) is 0 Å². The van der Waals surface area contributed by atoms with Gasteiger partial charge in [0, 0.05) is 18.9 Å². The average molecular weight is 373 g/mol. The molecule has 0 radical (unpaired) electrons. The van der Waals surface area contributed by atoms with Crippen molar-refractivity contribution in [3.63, 3.8) is 0 Å². The van der Waals surface area contributed by atoms with Crippen molar-refractivity contribution in [3.8, 4) is 0 Å². The van der Waals surface area contributed by atoms with Crippen LogP contribution in [-0.4, -0.2) is 23.6 Å². The number of Topliss-reactive ketones (excluding diaryl/α,β-unsaturated/α-hetero) is 2. The van der Waals surface area contributed by atoms with E-state index in [0.717, 1.165) is 44.1 Å². The first-order chi connectivity index (χ1) is 12.7. The van der Waals surface area contributed by atoms with Crippen LogP contribution in [-0.2, 0) is 19.1 Å². The molecule has 4 aliphatic rings. The fourth-order valence-corrected chi connectivity index (χ4v) is 7.38. The number of ether oxygens (including phenoxy) is 1. The van der Waals surface area contributed by atoms with E-state index in [2.05, 4.69) is 13.0 Å². The van der Waals surface area contributed by atoms with E-state index in [4.69, 9.17) is 4.74 Å². The lowest BCUT2D eigenvalue weighted by Gasteiger charge is -2.60. The molecule has 4 heteroatoms. The molecular weight excluding hydrogens is 340 g/mol. The number of esters is 1. The molecule has 0 saturated heterocycles. The molecule has 4 aliphatic carbocycles. The number of hydrogen-bond donors (Lipinski definition) is 0. The molecule has 4 nitrogen and oxygen atoms in total. The maximum atomic E-state index is 13.3. The van der Waals surface area contributed by atoms with Crippen molar-refractivity contribution in [2.45, 2.75) is 78.7 Å². The summed E-state index contributed by atoms with van der Waals surface area (Å²) < 4.78 is 5.52. The van der Waals surface area contributed by atoms with Crippen molar-refractivity contribution >= 4 is 17.5 Å². The number of ketones is 2. The van der Waals surface area contributed by atoms with Gasteiger partial charge in [0.05, 0.1) is 5.41 Å². The maximum absolute atomic E-state index is 13.3. The number of allylic oxidation sites excluding steroid dienone is 2. The van der Waals surface area contributed by atoms with Gasteiger partial charge in [-0.05, 0) is 81.5 Å². The monoisotopic (exact) mass is 372 g/mol. The van der Waals surface area contributed by atoms with Gasteiger partial charge in [-0.2, -0.15) is 0 Å². The van der Waals surface area contributed by atoms with Crippen LogP contribution in [0.4, 0.5) is 0 Å². The molecular formula is C23H32O4. The van der Waals surface area contributed by atoms with Gasteiger partial charge < -0.3 is 4.74 Å². The Morgan fingerprint density at radius 2 is 1.85 bits per heavy atom. The van der Waals surface area contributed by atoms with Gasteiger partial charge in [-0.15, -0.1) is 0 Å². The molecule has 0 aromatic heterocycles. The molecule has 0 N–H and O–H groups in total. The van der Waals surface area contributed by atoms with E-state index in [9.17, 15) is 14.4 Å². The van der Waals surface area contributed by atoms with Gasteiger partial charge in [0.2, 0.25) is 0 Å². The molecule has 0 bridgehead atoms. The number of fused-ring (bicyclic) bond motifs is 5. The Labute approximate surface area is 162 Å². The lowest BCUT2D eigenvalue weighted by molar-refractivity contribution is -0.163. The second-order valence-electron chi connectivity index (χ2n) is 9.90. The zero-order valence-corrected chi connectivity index (χ0v) is 17.0. The van der Waals surface area contributed by atoms with Gasteiger partial charge >= 0.3 is 5.97 Å². The standard InChI is InChI=1S/C23H32O4/c1-13(24)18-7-8-19-17-6-5-15-11-16(27-14(2)25)9-10-22(15,3)20(17)12-21(26)23(18,19)4/h7,15-17,19-20H,5-6,8-12H2,1-4H3/t15-,16-,17+,19-,20+,22-,23+/m0/s1. The highest BCUT2D eigenvalue weighted by molar-refractivity contribution is 6.04. The minimum atomic E-state index is -0.564. The van der Waals surface area contributed by atoms with E-state index >= 15 is 0 Å². The fraction of sp³-hybridized carbons (Fsp3) is 0.783. The molecule has 148 valence electrons. The first-order valence-electron chi connectivity index (χ1n) is 10.6. The summed E-state index contributed by atoms with van der Waals surface area (Å²) in [7, 11) is 0. The minimum Gasteiger partial charge on any atom is -0.463 e. The van der Waals surface area contributed by atoms with Crippen molar-refractivity contribution in [1.29, 1.82) is 0 Å². The van der Waals surface area contributed by atoms with Crippen LogP contribution in [0, 0.1) is 34.5 Å². The molecule has 27 heavy (non-hydrogen) atoms. The maximum Gasteiger partial charge on any atom is 0.302 e. The largest absolute Gasteiger partial charge is 0.463 e. The predicted octanol–water partition coefficient (Wildman–Crippen LogP) is 4.27. The first-order valence-corrected chi connectivity index (χ1v) is 10.6. The Morgan fingerprint density at radius 3 is 2.52 bits per heavy atom. The van der Waals surface area contributed by atoms with Crippen molar-refractivity contribution < 1.29 is 19.1 Å². The summed E-state index contributed by atoms with van der Waals surface area (Å²) in [6.45, 7) is 7.50. The minimum absolute atomic E-state index is 0.0409. The second-order valence-corrected chi connectivity index (χ2v) is 9.90. The molecule has 3 fully saturated rings. The predicted molar refractivity (Wildman–Crippen MR) is 102 cm³/mol. The molecule has 0 unspecified atom stereocenters. The Hall–Kier alpha value is -1.45. The highest BCUT2D eigenvalue weighted by Gasteiger charge is 2.62. The average Bonchev–Trinajstić information content (AvgIpc) is 2.95. The summed E-state index contributed by atoms with van der Waals surface area (Å²) >= 11 is 0. The molecule has 0 heterocycles. The lowest BCUT2D eigenvalue weighted by atomic mass is 9.44.